The first kappa shape index (κ1) is 10.7. The topological polar surface area (TPSA) is 38.9 Å². The maximum atomic E-state index is 5.51. The lowest BCUT2D eigenvalue weighted by Crippen LogP contribution is -2.04. The minimum Gasteiger partial charge on any atom is -0.330 e. The molecule has 13 heavy (non-hydrogen) atoms. The molecule has 2 nitrogen and oxygen atoms in total. The number of rotatable bonds is 5. The first-order chi connectivity index (χ1) is 6.27. The van der Waals surface area contributed by atoms with Crippen molar-refractivity contribution in [3.05, 3.63) is 16.1 Å². The molecule has 1 atom stereocenters. The average molecular weight is 198 g/mol. The van der Waals surface area contributed by atoms with Crippen LogP contribution in [0.3, 0.4) is 0 Å². The van der Waals surface area contributed by atoms with Gasteiger partial charge in [0.2, 0.25) is 0 Å². The van der Waals surface area contributed by atoms with E-state index in [0.717, 1.165) is 19.4 Å². The molecule has 1 unspecified atom stereocenters. The molecule has 0 saturated carbocycles. The molecule has 0 bridgehead atoms. The largest absolute Gasteiger partial charge is 0.330 e. The van der Waals surface area contributed by atoms with Gasteiger partial charge in [0.15, 0.2) is 0 Å². The number of thiazole rings is 1. The Balaban J connectivity index is 2.56. The van der Waals surface area contributed by atoms with Crippen LogP contribution in [0.1, 0.15) is 43.3 Å². The monoisotopic (exact) mass is 198 g/mol. The Morgan fingerprint density at radius 2 is 2.38 bits per heavy atom. The molecule has 0 aliphatic carbocycles. The standard InChI is InChI=1S/C10H18N2S/c1-3-4-10-12-9(7-13-10)8(2)5-6-11/h7-8H,3-6,11H2,1-2H3. The van der Waals surface area contributed by atoms with Crippen molar-refractivity contribution < 1.29 is 0 Å². The van der Waals surface area contributed by atoms with Crippen molar-refractivity contribution >= 4 is 11.3 Å². The van der Waals surface area contributed by atoms with Gasteiger partial charge in [0.25, 0.3) is 0 Å². The van der Waals surface area contributed by atoms with E-state index in [2.05, 4.69) is 24.2 Å². The van der Waals surface area contributed by atoms with Crippen LogP contribution in [0.2, 0.25) is 0 Å². The van der Waals surface area contributed by atoms with Crippen LogP contribution >= 0.6 is 11.3 Å². The first-order valence-corrected chi connectivity index (χ1v) is 5.80. The van der Waals surface area contributed by atoms with Crippen LogP contribution in [0.25, 0.3) is 0 Å². The molecular formula is C10H18N2S. The summed E-state index contributed by atoms with van der Waals surface area (Å²) in [6.45, 7) is 5.13. The van der Waals surface area contributed by atoms with Gasteiger partial charge in [-0.1, -0.05) is 13.8 Å². The van der Waals surface area contributed by atoms with Crippen LogP contribution in [0.15, 0.2) is 5.38 Å². The van der Waals surface area contributed by atoms with Gasteiger partial charge in [-0.3, -0.25) is 0 Å². The summed E-state index contributed by atoms with van der Waals surface area (Å²) >= 11 is 1.78. The Bertz CT molecular complexity index is 245. The fraction of sp³-hybridized carbons (Fsp3) is 0.700. The molecule has 0 aromatic carbocycles. The summed E-state index contributed by atoms with van der Waals surface area (Å²) < 4.78 is 0. The molecule has 0 aliphatic rings. The highest BCUT2D eigenvalue weighted by Crippen LogP contribution is 2.21. The molecule has 1 aromatic rings. The number of nitrogens with two attached hydrogens (primary N) is 1. The van der Waals surface area contributed by atoms with Gasteiger partial charge in [0.05, 0.1) is 10.7 Å². The third kappa shape index (κ3) is 3.08. The molecule has 74 valence electrons. The Kier molecular flexibility index (Phi) is 4.39. The molecular weight excluding hydrogens is 180 g/mol. The lowest BCUT2D eigenvalue weighted by Gasteiger charge is -2.04. The van der Waals surface area contributed by atoms with Crippen LogP contribution in [0.5, 0.6) is 0 Å². The number of aryl methyl sites for hydroxylation is 1. The van der Waals surface area contributed by atoms with Crippen LogP contribution in [0, 0.1) is 0 Å². The van der Waals surface area contributed by atoms with Gasteiger partial charge < -0.3 is 5.73 Å². The minimum atomic E-state index is 0.520. The number of aromatic nitrogens is 1. The van der Waals surface area contributed by atoms with Crippen molar-refractivity contribution in [1.82, 2.24) is 4.98 Å². The molecule has 3 heteroatoms. The molecule has 1 rings (SSSR count). The lowest BCUT2D eigenvalue weighted by atomic mass is 10.1. The average Bonchev–Trinajstić information content (AvgIpc) is 2.54. The van der Waals surface area contributed by atoms with Gasteiger partial charge in [-0.25, -0.2) is 4.98 Å². The maximum Gasteiger partial charge on any atom is 0.0928 e. The smallest absolute Gasteiger partial charge is 0.0928 e. The summed E-state index contributed by atoms with van der Waals surface area (Å²) in [6, 6.07) is 0. The summed E-state index contributed by atoms with van der Waals surface area (Å²) in [5, 5.41) is 3.44. The summed E-state index contributed by atoms with van der Waals surface area (Å²) in [5.74, 6) is 0.520. The van der Waals surface area contributed by atoms with Crippen molar-refractivity contribution in [3.8, 4) is 0 Å². The second-order valence-corrected chi connectivity index (χ2v) is 4.34. The lowest BCUT2D eigenvalue weighted by molar-refractivity contribution is 0.671. The van der Waals surface area contributed by atoms with Crippen molar-refractivity contribution in [3.63, 3.8) is 0 Å². The van der Waals surface area contributed by atoms with Crippen LogP contribution in [0.4, 0.5) is 0 Å². The van der Waals surface area contributed by atoms with Gasteiger partial charge in [-0.2, -0.15) is 0 Å². The van der Waals surface area contributed by atoms with Crippen LogP contribution in [-0.2, 0) is 6.42 Å². The highest BCUT2D eigenvalue weighted by Gasteiger charge is 2.08. The zero-order valence-corrected chi connectivity index (χ0v) is 9.23. The zero-order valence-electron chi connectivity index (χ0n) is 8.42. The van der Waals surface area contributed by atoms with Crippen LogP contribution in [-0.4, -0.2) is 11.5 Å². The number of hydrogen-bond acceptors (Lipinski definition) is 3. The third-order valence-electron chi connectivity index (χ3n) is 2.14. The quantitative estimate of drug-likeness (QED) is 0.789. The van der Waals surface area contributed by atoms with E-state index in [9.17, 15) is 0 Å². The zero-order chi connectivity index (χ0) is 9.68. The fourth-order valence-electron chi connectivity index (χ4n) is 1.28. The second-order valence-electron chi connectivity index (χ2n) is 3.39. The van der Waals surface area contributed by atoms with E-state index >= 15 is 0 Å². The molecule has 0 amide bonds. The van der Waals surface area contributed by atoms with Gasteiger partial charge in [0.1, 0.15) is 0 Å². The Labute approximate surface area is 84.2 Å². The number of hydrogen-bond donors (Lipinski definition) is 1. The fourth-order valence-corrected chi connectivity index (χ4v) is 2.30. The highest BCUT2D eigenvalue weighted by molar-refractivity contribution is 7.09. The SMILES string of the molecule is CCCc1nc(C(C)CCN)cs1. The Morgan fingerprint density at radius 1 is 1.62 bits per heavy atom. The van der Waals surface area contributed by atoms with Crippen molar-refractivity contribution in [2.45, 2.75) is 39.0 Å². The normalized spacial score (nSPS) is 13.2. The van der Waals surface area contributed by atoms with E-state index in [1.807, 2.05) is 0 Å². The van der Waals surface area contributed by atoms with E-state index in [0.29, 0.717) is 5.92 Å². The molecule has 0 aliphatic heterocycles. The Hall–Kier alpha value is -0.410. The maximum absolute atomic E-state index is 5.51. The van der Waals surface area contributed by atoms with E-state index in [1.165, 1.54) is 17.1 Å². The predicted octanol–water partition coefficient (Wildman–Crippen LogP) is 2.55. The van der Waals surface area contributed by atoms with Gasteiger partial charge in [-0.15, -0.1) is 11.3 Å². The predicted molar refractivity (Wildman–Crippen MR) is 58.2 cm³/mol. The summed E-state index contributed by atoms with van der Waals surface area (Å²) in [4.78, 5) is 4.58. The number of nitrogens with zero attached hydrogens (tertiary/aromatic N) is 1. The molecule has 1 aromatic heterocycles. The van der Waals surface area contributed by atoms with Crippen molar-refractivity contribution in [2.24, 2.45) is 5.73 Å². The first-order valence-electron chi connectivity index (χ1n) is 4.92. The molecule has 0 spiro atoms. The summed E-state index contributed by atoms with van der Waals surface area (Å²) in [7, 11) is 0. The van der Waals surface area contributed by atoms with Gasteiger partial charge in [0, 0.05) is 11.3 Å². The van der Waals surface area contributed by atoms with Gasteiger partial charge >= 0.3 is 0 Å². The van der Waals surface area contributed by atoms with Crippen molar-refractivity contribution in [2.75, 3.05) is 6.54 Å². The van der Waals surface area contributed by atoms with Crippen LogP contribution < -0.4 is 5.73 Å². The summed E-state index contributed by atoms with van der Waals surface area (Å²) in [6.07, 6.45) is 3.33. The molecule has 2 N–H and O–H groups in total. The third-order valence-corrected chi connectivity index (χ3v) is 3.06. The van der Waals surface area contributed by atoms with E-state index < -0.39 is 0 Å². The van der Waals surface area contributed by atoms with E-state index in [-0.39, 0.29) is 0 Å². The molecule has 0 fully saturated rings. The second kappa shape index (κ2) is 5.35. The van der Waals surface area contributed by atoms with Gasteiger partial charge in [-0.05, 0) is 25.8 Å². The van der Waals surface area contributed by atoms with Crippen molar-refractivity contribution in [1.29, 1.82) is 0 Å². The summed E-state index contributed by atoms with van der Waals surface area (Å²) in [5.41, 5.74) is 6.73. The van der Waals surface area contributed by atoms with E-state index in [4.69, 9.17) is 5.73 Å². The Morgan fingerprint density at radius 3 is 3.00 bits per heavy atom. The highest BCUT2D eigenvalue weighted by atomic mass is 32.1. The minimum absolute atomic E-state index is 0.520. The molecule has 0 radical (unpaired) electrons. The molecule has 0 saturated heterocycles. The van der Waals surface area contributed by atoms with E-state index in [1.54, 1.807) is 11.3 Å². The molecule has 1 heterocycles.